The number of fused-ring (bicyclic) bond motifs is 1. The van der Waals surface area contributed by atoms with Crippen LogP contribution in [0.15, 0.2) is 54.7 Å². The first-order valence-corrected chi connectivity index (χ1v) is 12.1. The SMILES string of the molecule is CC(=O)Nc1cc(Oc2ccc3c(c2)CC(C(=O)Nc2cc(C(C)(C)O)cc(C(F)(F)F)c2)CC3)ccn1. The van der Waals surface area contributed by atoms with Crippen molar-refractivity contribution in [3.8, 4) is 11.5 Å². The quantitative estimate of drug-likeness (QED) is 0.375. The first kappa shape index (κ1) is 27.1. The lowest BCUT2D eigenvalue weighted by Gasteiger charge is -2.25. The molecule has 1 unspecified atom stereocenters. The fraction of sp³-hybridized carbons (Fsp3) is 0.321. The van der Waals surface area contributed by atoms with Gasteiger partial charge in [-0.25, -0.2) is 4.98 Å². The smallest absolute Gasteiger partial charge is 0.416 e. The normalized spacial score (nSPS) is 15.4. The molecule has 0 radical (unpaired) electrons. The molecule has 0 spiro atoms. The zero-order chi connectivity index (χ0) is 27.7. The molecule has 200 valence electrons. The van der Waals surface area contributed by atoms with Gasteiger partial charge in [0.25, 0.3) is 0 Å². The van der Waals surface area contributed by atoms with Gasteiger partial charge in [0.2, 0.25) is 11.8 Å². The van der Waals surface area contributed by atoms with Crippen LogP contribution < -0.4 is 15.4 Å². The van der Waals surface area contributed by atoms with E-state index in [1.54, 1.807) is 12.1 Å². The lowest BCUT2D eigenvalue weighted by Crippen LogP contribution is -2.28. The van der Waals surface area contributed by atoms with Gasteiger partial charge in [-0.2, -0.15) is 13.2 Å². The van der Waals surface area contributed by atoms with Crippen LogP contribution in [0.25, 0.3) is 0 Å². The molecule has 0 saturated carbocycles. The van der Waals surface area contributed by atoms with E-state index in [0.29, 0.717) is 36.6 Å². The van der Waals surface area contributed by atoms with E-state index in [-0.39, 0.29) is 17.2 Å². The average Bonchev–Trinajstić information content (AvgIpc) is 2.82. The van der Waals surface area contributed by atoms with Gasteiger partial charge in [0.05, 0.1) is 11.2 Å². The van der Waals surface area contributed by atoms with Gasteiger partial charge in [-0.3, -0.25) is 9.59 Å². The van der Waals surface area contributed by atoms with Crippen LogP contribution in [0.1, 0.15) is 49.4 Å². The monoisotopic (exact) mass is 527 g/mol. The summed E-state index contributed by atoms with van der Waals surface area (Å²) in [5, 5.41) is 15.5. The van der Waals surface area contributed by atoms with E-state index in [1.165, 1.54) is 33.0 Å². The van der Waals surface area contributed by atoms with Crippen molar-refractivity contribution >= 4 is 23.3 Å². The van der Waals surface area contributed by atoms with Gasteiger partial charge < -0.3 is 20.5 Å². The number of ether oxygens (including phenoxy) is 1. The van der Waals surface area contributed by atoms with E-state index in [0.717, 1.165) is 23.3 Å². The molecule has 1 aliphatic carbocycles. The van der Waals surface area contributed by atoms with Crippen LogP contribution in [-0.2, 0) is 34.2 Å². The van der Waals surface area contributed by atoms with Crippen LogP contribution >= 0.6 is 0 Å². The van der Waals surface area contributed by atoms with Crippen LogP contribution in [0.3, 0.4) is 0 Å². The fourth-order valence-electron chi connectivity index (χ4n) is 4.34. The third-order valence-electron chi connectivity index (χ3n) is 6.28. The molecule has 3 aromatic rings. The molecule has 3 N–H and O–H groups in total. The van der Waals surface area contributed by atoms with Crippen molar-refractivity contribution < 1.29 is 32.6 Å². The highest BCUT2D eigenvalue weighted by Crippen LogP contribution is 2.36. The maximum Gasteiger partial charge on any atom is 0.416 e. The number of aryl methyl sites for hydroxylation is 1. The Morgan fingerprint density at radius 3 is 2.37 bits per heavy atom. The van der Waals surface area contributed by atoms with E-state index in [4.69, 9.17) is 4.74 Å². The number of nitrogens with one attached hydrogen (secondary N) is 2. The molecule has 0 bridgehead atoms. The van der Waals surface area contributed by atoms with Gasteiger partial charge in [0.15, 0.2) is 0 Å². The maximum absolute atomic E-state index is 13.4. The minimum absolute atomic E-state index is 0.0162. The third kappa shape index (κ3) is 6.69. The number of halogens is 3. The molecule has 7 nitrogen and oxygen atoms in total. The topological polar surface area (TPSA) is 101 Å². The molecule has 2 amide bonds. The third-order valence-corrected chi connectivity index (χ3v) is 6.28. The summed E-state index contributed by atoms with van der Waals surface area (Å²) in [6, 6.07) is 11.9. The number of benzene rings is 2. The Labute approximate surface area is 218 Å². The Bertz CT molecular complexity index is 1330. The number of carbonyl (C=O) groups excluding carboxylic acids is 2. The predicted octanol–water partition coefficient (Wildman–Crippen LogP) is 5.82. The molecule has 1 heterocycles. The summed E-state index contributed by atoms with van der Waals surface area (Å²) in [4.78, 5) is 28.4. The number of hydrogen-bond donors (Lipinski definition) is 3. The maximum atomic E-state index is 13.4. The zero-order valence-electron chi connectivity index (χ0n) is 21.1. The zero-order valence-corrected chi connectivity index (χ0v) is 21.1. The molecule has 1 aromatic heterocycles. The lowest BCUT2D eigenvalue weighted by atomic mass is 9.83. The summed E-state index contributed by atoms with van der Waals surface area (Å²) in [7, 11) is 0. The van der Waals surface area contributed by atoms with E-state index < -0.39 is 29.2 Å². The van der Waals surface area contributed by atoms with Crippen LogP contribution in [-0.4, -0.2) is 21.9 Å². The van der Waals surface area contributed by atoms with Gasteiger partial charge in [-0.1, -0.05) is 6.07 Å². The highest BCUT2D eigenvalue weighted by Gasteiger charge is 2.33. The average molecular weight is 528 g/mol. The minimum Gasteiger partial charge on any atom is -0.457 e. The summed E-state index contributed by atoms with van der Waals surface area (Å²) in [5.74, 6) is 0.266. The highest BCUT2D eigenvalue weighted by molar-refractivity contribution is 5.93. The molecule has 0 fully saturated rings. The number of aromatic nitrogens is 1. The number of carbonyl (C=O) groups is 2. The van der Waals surface area contributed by atoms with E-state index >= 15 is 0 Å². The van der Waals surface area contributed by atoms with Gasteiger partial charge in [0.1, 0.15) is 17.3 Å². The second-order valence-electron chi connectivity index (χ2n) is 9.88. The summed E-state index contributed by atoms with van der Waals surface area (Å²) < 4.78 is 46.2. The number of amides is 2. The Morgan fingerprint density at radius 2 is 1.68 bits per heavy atom. The first-order valence-electron chi connectivity index (χ1n) is 12.1. The summed E-state index contributed by atoms with van der Waals surface area (Å²) >= 11 is 0. The summed E-state index contributed by atoms with van der Waals surface area (Å²) in [6.45, 7) is 4.15. The molecule has 2 aromatic carbocycles. The molecule has 1 aliphatic rings. The number of hydrogen-bond acceptors (Lipinski definition) is 5. The van der Waals surface area contributed by atoms with Gasteiger partial charge >= 0.3 is 6.18 Å². The number of nitrogens with zero attached hydrogens (tertiary/aromatic N) is 1. The van der Waals surface area contributed by atoms with Crippen molar-refractivity contribution in [3.63, 3.8) is 0 Å². The van der Waals surface area contributed by atoms with E-state index in [9.17, 15) is 27.9 Å². The lowest BCUT2D eigenvalue weighted by molar-refractivity contribution is -0.137. The van der Waals surface area contributed by atoms with Crippen LogP contribution in [0.4, 0.5) is 24.7 Å². The fourth-order valence-corrected chi connectivity index (χ4v) is 4.34. The molecule has 38 heavy (non-hydrogen) atoms. The van der Waals surface area contributed by atoms with Gasteiger partial charge in [-0.15, -0.1) is 0 Å². The standard InChI is InChI=1S/C28H28F3N3O4/c1-16(35)33-25-15-24(8-9-32-25)38-23-7-6-17-4-5-18(10-19(17)11-23)26(36)34-22-13-20(27(2,3)37)12-21(14-22)28(29,30)31/h6-9,11-15,18,37H,4-5,10H2,1-3H3,(H,34,36)(H,32,33,35). The van der Waals surface area contributed by atoms with Crippen molar-refractivity contribution in [1.29, 1.82) is 0 Å². The van der Waals surface area contributed by atoms with Crippen molar-refractivity contribution in [2.24, 2.45) is 5.92 Å². The number of anilines is 2. The molecule has 0 saturated heterocycles. The van der Waals surface area contributed by atoms with Crippen molar-refractivity contribution in [1.82, 2.24) is 4.98 Å². The first-order chi connectivity index (χ1) is 17.8. The van der Waals surface area contributed by atoms with Crippen LogP contribution in [0.5, 0.6) is 11.5 Å². The molecular formula is C28H28F3N3O4. The number of pyridine rings is 1. The second kappa shape index (κ2) is 10.4. The largest absolute Gasteiger partial charge is 0.457 e. The number of rotatable bonds is 6. The molecule has 0 aliphatic heterocycles. The van der Waals surface area contributed by atoms with Crippen molar-refractivity contribution in [2.45, 2.75) is 51.8 Å². The van der Waals surface area contributed by atoms with Crippen molar-refractivity contribution in [3.05, 3.63) is 77.0 Å². The Hall–Kier alpha value is -3.92. The summed E-state index contributed by atoms with van der Waals surface area (Å²) in [5.41, 5.74) is -0.446. The number of alkyl halides is 3. The van der Waals surface area contributed by atoms with Crippen LogP contribution in [0, 0.1) is 5.92 Å². The minimum atomic E-state index is -4.63. The van der Waals surface area contributed by atoms with E-state index in [1.807, 2.05) is 18.2 Å². The van der Waals surface area contributed by atoms with Gasteiger partial charge in [0, 0.05) is 30.8 Å². The molecule has 1 atom stereocenters. The van der Waals surface area contributed by atoms with Gasteiger partial charge in [-0.05, 0) is 86.2 Å². The predicted molar refractivity (Wildman–Crippen MR) is 136 cm³/mol. The highest BCUT2D eigenvalue weighted by atomic mass is 19.4. The van der Waals surface area contributed by atoms with Crippen LogP contribution in [0.2, 0.25) is 0 Å². The Kier molecular flexibility index (Phi) is 7.46. The Balaban J connectivity index is 1.50. The second-order valence-corrected chi connectivity index (χ2v) is 9.88. The van der Waals surface area contributed by atoms with E-state index in [2.05, 4.69) is 15.6 Å². The summed E-state index contributed by atoms with van der Waals surface area (Å²) in [6.07, 6.45) is -1.55. The molecule has 4 rings (SSSR count). The molecular weight excluding hydrogens is 499 g/mol. The molecule has 10 heteroatoms. The Morgan fingerprint density at radius 1 is 0.974 bits per heavy atom. The number of aliphatic hydroxyl groups is 1. The van der Waals surface area contributed by atoms with Crippen molar-refractivity contribution in [2.75, 3.05) is 10.6 Å².